The van der Waals surface area contributed by atoms with Crippen LogP contribution in [0.2, 0.25) is 0 Å². The third-order valence-corrected chi connectivity index (χ3v) is 3.62. The van der Waals surface area contributed by atoms with Crippen LogP contribution in [0.1, 0.15) is 5.56 Å². The van der Waals surface area contributed by atoms with Crippen molar-refractivity contribution >= 4 is 28.0 Å². The Kier molecular flexibility index (Phi) is 3.03. The maximum absolute atomic E-state index is 6.01. The highest BCUT2D eigenvalue weighted by molar-refractivity contribution is 5.99. The predicted molar refractivity (Wildman–Crippen MR) is 85.4 cm³/mol. The van der Waals surface area contributed by atoms with Gasteiger partial charge in [-0.15, -0.1) is 0 Å². The molecule has 0 unspecified atom stereocenters. The first-order valence-electron chi connectivity index (χ1n) is 6.61. The molecule has 3 heteroatoms. The molecule has 20 heavy (non-hydrogen) atoms. The number of hydrogen-bond acceptors (Lipinski definition) is 3. The lowest BCUT2D eigenvalue weighted by Gasteiger charge is -2.23. The van der Waals surface area contributed by atoms with Crippen LogP contribution in [0.5, 0.6) is 0 Å². The van der Waals surface area contributed by atoms with Crippen molar-refractivity contribution in [1.29, 1.82) is 0 Å². The molecule has 1 aromatic heterocycles. The van der Waals surface area contributed by atoms with Crippen LogP contribution in [0, 0.1) is 6.92 Å². The lowest BCUT2D eigenvalue weighted by molar-refractivity contribution is 1.19. The van der Waals surface area contributed by atoms with E-state index in [0.717, 1.165) is 16.6 Å². The molecule has 0 spiro atoms. The van der Waals surface area contributed by atoms with Crippen LogP contribution < -0.4 is 10.6 Å². The van der Waals surface area contributed by atoms with E-state index < -0.39 is 0 Å². The van der Waals surface area contributed by atoms with Gasteiger partial charge in [-0.1, -0.05) is 30.3 Å². The molecule has 0 aliphatic carbocycles. The molecule has 0 atom stereocenters. The van der Waals surface area contributed by atoms with Gasteiger partial charge in [0.05, 0.1) is 16.9 Å². The zero-order chi connectivity index (χ0) is 14.1. The third-order valence-electron chi connectivity index (χ3n) is 3.62. The molecule has 0 radical (unpaired) electrons. The molecule has 0 saturated carbocycles. The van der Waals surface area contributed by atoms with Crippen molar-refractivity contribution in [2.75, 3.05) is 17.7 Å². The molecular weight excluding hydrogens is 246 g/mol. The fourth-order valence-corrected chi connectivity index (χ4v) is 2.55. The Morgan fingerprint density at radius 2 is 1.75 bits per heavy atom. The lowest BCUT2D eigenvalue weighted by atomic mass is 10.1. The summed E-state index contributed by atoms with van der Waals surface area (Å²) in [4.78, 5) is 6.57. The van der Waals surface area contributed by atoms with Gasteiger partial charge in [-0.25, -0.2) is 0 Å². The van der Waals surface area contributed by atoms with Crippen molar-refractivity contribution in [2.24, 2.45) is 0 Å². The molecule has 0 aliphatic rings. The van der Waals surface area contributed by atoms with E-state index in [-0.39, 0.29) is 0 Å². The number of hydrogen-bond donors (Lipinski definition) is 1. The first-order chi connectivity index (χ1) is 9.68. The van der Waals surface area contributed by atoms with E-state index in [1.807, 2.05) is 24.4 Å². The maximum Gasteiger partial charge on any atom is 0.0952 e. The molecule has 2 N–H and O–H groups in total. The molecule has 0 amide bonds. The number of aryl methyl sites for hydroxylation is 1. The van der Waals surface area contributed by atoms with Gasteiger partial charge in [-0.3, -0.25) is 4.98 Å². The number of nitrogen functional groups attached to an aromatic ring is 1. The van der Waals surface area contributed by atoms with Crippen LogP contribution in [-0.4, -0.2) is 12.0 Å². The first-order valence-corrected chi connectivity index (χ1v) is 6.61. The number of para-hydroxylation sites is 2. The number of nitrogens with zero attached hydrogens (tertiary/aromatic N) is 2. The SMILES string of the molecule is Cc1ccccc1N(C)c1ccnc2c(N)cccc12. The number of fused-ring (bicyclic) bond motifs is 1. The second-order valence-corrected chi connectivity index (χ2v) is 4.92. The first kappa shape index (κ1) is 12.5. The van der Waals surface area contributed by atoms with Gasteiger partial charge in [0, 0.05) is 24.3 Å². The molecule has 0 aliphatic heterocycles. The Hall–Kier alpha value is -2.55. The highest BCUT2D eigenvalue weighted by Gasteiger charge is 2.11. The number of aromatic nitrogens is 1. The van der Waals surface area contributed by atoms with E-state index >= 15 is 0 Å². The largest absolute Gasteiger partial charge is 0.397 e. The monoisotopic (exact) mass is 263 g/mol. The van der Waals surface area contributed by atoms with Crippen LogP contribution in [-0.2, 0) is 0 Å². The number of pyridine rings is 1. The van der Waals surface area contributed by atoms with Crippen molar-refractivity contribution in [3.63, 3.8) is 0 Å². The van der Waals surface area contributed by atoms with Crippen LogP contribution >= 0.6 is 0 Å². The molecule has 2 aromatic carbocycles. The molecule has 3 nitrogen and oxygen atoms in total. The number of anilines is 3. The number of rotatable bonds is 2. The normalized spacial score (nSPS) is 10.7. The van der Waals surface area contributed by atoms with Crippen LogP contribution in [0.3, 0.4) is 0 Å². The van der Waals surface area contributed by atoms with Crippen molar-refractivity contribution in [3.05, 3.63) is 60.3 Å². The molecule has 100 valence electrons. The van der Waals surface area contributed by atoms with E-state index in [9.17, 15) is 0 Å². The average molecular weight is 263 g/mol. The van der Waals surface area contributed by atoms with Gasteiger partial charge < -0.3 is 10.6 Å². The second kappa shape index (κ2) is 4.85. The van der Waals surface area contributed by atoms with Crippen molar-refractivity contribution in [3.8, 4) is 0 Å². The average Bonchev–Trinajstić information content (AvgIpc) is 2.47. The van der Waals surface area contributed by atoms with Gasteiger partial charge in [0.2, 0.25) is 0 Å². The van der Waals surface area contributed by atoms with E-state index in [1.165, 1.54) is 11.3 Å². The predicted octanol–water partition coefficient (Wildman–Crippen LogP) is 3.89. The lowest BCUT2D eigenvalue weighted by Crippen LogP contribution is -2.11. The fourth-order valence-electron chi connectivity index (χ4n) is 2.55. The Morgan fingerprint density at radius 1 is 0.950 bits per heavy atom. The Balaban J connectivity index is 2.20. The van der Waals surface area contributed by atoms with Gasteiger partial charge in [0.1, 0.15) is 0 Å². The summed E-state index contributed by atoms with van der Waals surface area (Å²) in [5.41, 5.74) is 11.1. The summed E-state index contributed by atoms with van der Waals surface area (Å²) in [6.07, 6.45) is 1.81. The minimum absolute atomic E-state index is 0.711. The topological polar surface area (TPSA) is 42.2 Å². The van der Waals surface area contributed by atoms with Crippen LogP contribution in [0.25, 0.3) is 10.9 Å². The summed E-state index contributed by atoms with van der Waals surface area (Å²) in [6, 6.07) is 16.3. The Bertz CT molecular complexity index is 765. The minimum atomic E-state index is 0.711. The van der Waals surface area contributed by atoms with Gasteiger partial charge in [0.15, 0.2) is 0 Å². The highest BCUT2D eigenvalue weighted by Crippen LogP contribution is 2.33. The van der Waals surface area contributed by atoms with Crippen LogP contribution in [0.4, 0.5) is 17.1 Å². The third kappa shape index (κ3) is 1.97. The summed E-state index contributed by atoms with van der Waals surface area (Å²) >= 11 is 0. The zero-order valence-corrected chi connectivity index (χ0v) is 11.7. The second-order valence-electron chi connectivity index (χ2n) is 4.92. The molecule has 0 fully saturated rings. The van der Waals surface area contributed by atoms with Gasteiger partial charge in [-0.2, -0.15) is 0 Å². The summed E-state index contributed by atoms with van der Waals surface area (Å²) in [5, 5.41) is 1.07. The number of benzene rings is 2. The highest BCUT2D eigenvalue weighted by atomic mass is 15.1. The quantitative estimate of drug-likeness (QED) is 0.713. The summed E-state index contributed by atoms with van der Waals surface area (Å²) < 4.78 is 0. The zero-order valence-electron chi connectivity index (χ0n) is 11.7. The van der Waals surface area contributed by atoms with Crippen LogP contribution in [0.15, 0.2) is 54.7 Å². The van der Waals surface area contributed by atoms with Gasteiger partial charge in [0.25, 0.3) is 0 Å². The maximum atomic E-state index is 6.01. The fraction of sp³-hybridized carbons (Fsp3) is 0.118. The summed E-state index contributed by atoms with van der Waals surface area (Å²) in [6.45, 7) is 2.11. The summed E-state index contributed by atoms with van der Waals surface area (Å²) in [5.74, 6) is 0. The molecule has 0 bridgehead atoms. The smallest absolute Gasteiger partial charge is 0.0952 e. The Labute approximate surface area is 118 Å². The molecular formula is C17H17N3. The van der Waals surface area contributed by atoms with Crippen molar-refractivity contribution in [1.82, 2.24) is 4.98 Å². The standard InChI is InChI=1S/C17H17N3/c1-12-6-3-4-9-15(12)20(2)16-10-11-19-17-13(16)7-5-8-14(17)18/h3-11H,18H2,1-2H3. The summed E-state index contributed by atoms with van der Waals surface area (Å²) in [7, 11) is 2.07. The number of nitrogens with two attached hydrogens (primary N) is 1. The molecule has 0 saturated heterocycles. The van der Waals surface area contributed by atoms with E-state index in [4.69, 9.17) is 5.73 Å². The Morgan fingerprint density at radius 3 is 2.55 bits per heavy atom. The van der Waals surface area contributed by atoms with Gasteiger partial charge in [-0.05, 0) is 30.7 Å². The van der Waals surface area contributed by atoms with Crippen molar-refractivity contribution < 1.29 is 0 Å². The molecule has 3 rings (SSSR count). The van der Waals surface area contributed by atoms with E-state index in [2.05, 4.69) is 54.2 Å². The minimum Gasteiger partial charge on any atom is -0.397 e. The molecule has 3 aromatic rings. The van der Waals surface area contributed by atoms with E-state index in [0.29, 0.717) is 5.69 Å². The van der Waals surface area contributed by atoms with Crippen molar-refractivity contribution in [2.45, 2.75) is 6.92 Å². The van der Waals surface area contributed by atoms with Gasteiger partial charge >= 0.3 is 0 Å². The molecule has 1 heterocycles. The van der Waals surface area contributed by atoms with E-state index in [1.54, 1.807) is 0 Å².